The Morgan fingerprint density at radius 2 is 1.79 bits per heavy atom. The molecule has 0 aliphatic rings. The maximum atomic E-state index is 13.8. The van der Waals surface area contributed by atoms with Crippen molar-refractivity contribution in [1.82, 2.24) is 0 Å². The maximum Gasteiger partial charge on any atom is 0.405 e. The number of halogens is 4. The van der Waals surface area contributed by atoms with Crippen molar-refractivity contribution in [2.75, 3.05) is 11.4 Å². The second kappa shape index (κ2) is 5.77. The normalized spacial score (nSPS) is 13.7. The standard InChI is InChI=1S/C13H18F4N2/c1-8(2)19(7-13(15,16)17)11-6-4-5-10(14)12(11)9(3)18/h4-6,8-9H,7,18H2,1-3H3/t9-/m1/s1. The molecule has 0 radical (unpaired) electrons. The largest absolute Gasteiger partial charge is 0.405 e. The first-order chi connectivity index (χ1) is 8.63. The van der Waals surface area contributed by atoms with Gasteiger partial charge in [-0.25, -0.2) is 4.39 Å². The minimum Gasteiger partial charge on any atom is -0.360 e. The topological polar surface area (TPSA) is 29.3 Å². The Kier molecular flexibility index (Phi) is 4.79. The van der Waals surface area contributed by atoms with Gasteiger partial charge in [-0.05, 0) is 32.9 Å². The van der Waals surface area contributed by atoms with E-state index in [4.69, 9.17) is 5.73 Å². The van der Waals surface area contributed by atoms with Crippen LogP contribution in [-0.2, 0) is 0 Å². The number of hydrogen-bond donors (Lipinski definition) is 1. The zero-order valence-corrected chi connectivity index (χ0v) is 11.1. The Morgan fingerprint density at radius 3 is 2.21 bits per heavy atom. The monoisotopic (exact) mass is 278 g/mol. The van der Waals surface area contributed by atoms with Gasteiger partial charge in [0.2, 0.25) is 0 Å². The first-order valence-corrected chi connectivity index (χ1v) is 6.01. The molecule has 2 N–H and O–H groups in total. The van der Waals surface area contributed by atoms with Crippen LogP contribution in [0.3, 0.4) is 0 Å². The number of benzene rings is 1. The molecule has 0 aromatic heterocycles. The molecule has 1 atom stereocenters. The number of alkyl halides is 3. The highest BCUT2D eigenvalue weighted by molar-refractivity contribution is 5.56. The number of nitrogens with two attached hydrogens (primary N) is 1. The lowest BCUT2D eigenvalue weighted by Gasteiger charge is -2.32. The Hall–Kier alpha value is -1.30. The molecule has 0 heterocycles. The Labute approximate surface area is 110 Å². The fourth-order valence-electron chi connectivity index (χ4n) is 1.97. The molecule has 1 aromatic rings. The average molecular weight is 278 g/mol. The zero-order chi connectivity index (χ0) is 14.8. The first-order valence-electron chi connectivity index (χ1n) is 6.01. The SMILES string of the molecule is CC(C)N(CC(F)(F)F)c1cccc(F)c1[C@@H](C)N. The summed E-state index contributed by atoms with van der Waals surface area (Å²) < 4.78 is 51.6. The molecule has 0 aliphatic carbocycles. The van der Waals surface area contributed by atoms with Crippen molar-refractivity contribution in [2.45, 2.75) is 39.0 Å². The molecular weight excluding hydrogens is 260 g/mol. The van der Waals surface area contributed by atoms with Crippen LogP contribution in [0.5, 0.6) is 0 Å². The molecule has 0 spiro atoms. The molecule has 2 nitrogen and oxygen atoms in total. The second-order valence-corrected chi connectivity index (χ2v) is 4.80. The van der Waals surface area contributed by atoms with Crippen LogP contribution in [0.15, 0.2) is 18.2 Å². The van der Waals surface area contributed by atoms with Gasteiger partial charge in [-0.3, -0.25) is 0 Å². The Balaban J connectivity index is 3.27. The Bertz CT molecular complexity index is 427. The maximum absolute atomic E-state index is 13.8. The minimum absolute atomic E-state index is 0.112. The summed E-state index contributed by atoms with van der Waals surface area (Å²) in [5, 5.41) is 0. The van der Waals surface area contributed by atoms with E-state index in [0.717, 1.165) is 4.90 Å². The summed E-state index contributed by atoms with van der Waals surface area (Å²) in [6.07, 6.45) is -4.36. The van der Waals surface area contributed by atoms with E-state index in [1.807, 2.05) is 0 Å². The second-order valence-electron chi connectivity index (χ2n) is 4.80. The summed E-state index contributed by atoms with van der Waals surface area (Å²) in [5.74, 6) is -0.583. The van der Waals surface area contributed by atoms with E-state index in [9.17, 15) is 17.6 Å². The lowest BCUT2D eigenvalue weighted by Crippen LogP contribution is -2.40. The van der Waals surface area contributed by atoms with Crippen molar-refractivity contribution in [1.29, 1.82) is 0 Å². The van der Waals surface area contributed by atoms with Crippen molar-refractivity contribution in [2.24, 2.45) is 5.73 Å². The highest BCUT2D eigenvalue weighted by Crippen LogP contribution is 2.31. The smallest absolute Gasteiger partial charge is 0.360 e. The number of hydrogen-bond acceptors (Lipinski definition) is 2. The molecule has 0 amide bonds. The summed E-state index contributed by atoms with van der Waals surface area (Å²) in [4.78, 5) is 1.11. The van der Waals surface area contributed by atoms with E-state index in [0.29, 0.717) is 0 Å². The Morgan fingerprint density at radius 1 is 1.21 bits per heavy atom. The van der Waals surface area contributed by atoms with E-state index < -0.39 is 30.6 Å². The summed E-state index contributed by atoms with van der Waals surface area (Å²) in [6.45, 7) is 3.67. The molecule has 1 rings (SSSR count). The van der Waals surface area contributed by atoms with E-state index in [1.165, 1.54) is 18.2 Å². The van der Waals surface area contributed by atoms with E-state index in [2.05, 4.69) is 0 Å². The molecule has 108 valence electrons. The molecule has 0 aliphatic heterocycles. The molecule has 0 fully saturated rings. The van der Waals surface area contributed by atoms with Crippen LogP contribution in [-0.4, -0.2) is 18.8 Å². The fraction of sp³-hybridized carbons (Fsp3) is 0.538. The van der Waals surface area contributed by atoms with Gasteiger partial charge in [0, 0.05) is 23.3 Å². The van der Waals surface area contributed by atoms with Gasteiger partial charge >= 0.3 is 6.18 Å². The third-order valence-electron chi connectivity index (χ3n) is 2.77. The van der Waals surface area contributed by atoms with Crippen LogP contribution >= 0.6 is 0 Å². The van der Waals surface area contributed by atoms with E-state index in [-0.39, 0.29) is 11.3 Å². The quantitative estimate of drug-likeness (QED) is 0.852. The van der Waals surface area contributed by atoms with Gasteiger partial charge < -0.3 is 10.6 Å². The van der Waals surface area contributed by atoms with Crippen molar-refractivity contribution < 1.29 is 17.6 Å². The molecule has 0 unspecified atom stereocenters. The predicted molar refractivity (Wildman–Crippen MR) is 67.5 cm³/mol. The van der Waals surface area contributed by atoms with Crippen molar-refractivity contribution >= 4 is 5.69 Å². The van der Waals surface area contributed by atoms with Crippen molar-refractivity contribution in [3.63, 3.8) is 0 Å². The van der Waals surface area contributed by atoms with E-state index in [1.54, 1.807) is 20.8 Å². The number of rotatable bonds is 4. The van der Waals surface area contributed by atoms with Crippen LogP contribution in [0.25, 0.3) is 0 Å². The van der Waals surface area contributed by atoms with Gasteiger partial charge in [0.25, 0.3) is 0 Å². The number of nitrogens with zero attached hydrogens (tertiary/aromatic N) is 1. The van der Waals surface area contributed by atoms with Gasteiger partial charge in [0.05, 0.1) is 0 Å². The van der Waals surface area contributed by atoms with Gasteiger partial charge in [0.15, 0.2) is 0 Å². The summed E-state index contributed by atoms with van der Waals surface area (Å²) in [6, 6.07) is 2.97. The molecule has 0 bridgehead atoms. The molecular formula is C13H18F4N2. The van der Waals surface area contributed by atoms with Gasteiger partial charge in [-0.15, -0.1) is 0 Å². The van der Waals surface area contributed by atoms with Crippen LogP contribution in [0.1, 0.15) is 32.4 Å². The third-order valence-corrected chi connectivity index (χ3v) is 2.77. The van der Waals surface area contributed by atoms with Crippen molar-refractivity contribution in [3.8, 4) is 0 Å². The summed E-state index contributed by atoms with van der Waals surface area (Å²) in [7, 11) is 0. The molecule has 19 heavy (non-hydrogen) atoms. The summed E-state index contributed by atoms with van der Waals surface area (Å²) >= 11 is 0. The number of anilines is 1. The zero-order valence-electron chi connectivity index (χ0n) is 11.1. The lowest BCUT2D eigenvalue weighted by molar-refractivity contribution is -0.120. The van der Waals surface area contributed by atoms with Gasteiger partial charge in [0.1, 0.15) is 12.4 Å². The van der Waals surface area contributed by atoms with E-state index >= 15 is 0 Å². The highest BCUT2D eigenvalue weighted by atomic mass is 19.4. The van der Waals surface area contributed by atoms with Gasteiger partial charge in [-0.2, -0.15) is 13.2 Å². The van der Waals surface area contributed by atoms with Crippen LogP contribution in [0.2, 0.25) is 0 Å². The summed E-state index contributed by atoms with van der Waals surface area (Å²) in [5.41, 5.74) is 5.98. The lowest BCUT2D eigenvalue weighted by atomic mass is 10.0. The van der Waals surface area contributed by atoms with Crippen LogP contribution in [0, 0.1) is 5.82 Å². The van der Waals surface area contributed by atoms with Gasteiger partial charge in [-0.1, -0.05) is 6.07 Å². The fourth-order valence-corrected chi connectivity index (χ4v) is 1.97. The first kappa shape index (κ1) is 15.8. The van der Waals surface area contributed by atoms with Crippen LogP contribution < -0.4 is 10.6 Å². The third kappa shape index (κ3) is 4.09. The molecule has 1 aromatic carbocycles. The molecule has 0 saturated carbocycles. The predicted octanol–water partition coefficient (Wildman–Crippen LogP) is 3.62. The average Bonchev–Trinajstić information content (AvgIpc) is 2.23. The van der Waals surface area contributed by atoms with Crippen molar-refractivity contribution in [3.05, 3.63) is 29.6 Å². The molecule has 6 heteroatoms. The minimum atomic E-state index is -4.36. The highest BCUT2D eigenvalue weighted by Gasteiger charge is 2.33. The van der Waals surface area contributed by atoms with Crippen LogP contribution in [0.4, 0.5) is 23.2 Å². The molecule has 0 saturated heterocycles.